The van der Waals surface area contributed by atoms with E-state index in [1.807, 2.05) is 12.1 Å². The van der Waals surface area contributed by atoms with Crippen molar-refractivity contribution in [2.24, 2.45) is 0 Å². The van der Waals surface area contributed by atoms with Gasteiger partial charge in [0.1, 0.15) is 11.9 Å². The molecule has 0 radical (unpaired) electrons. The minimum Gasteiger partial charge on any atom is -0.494 e. The second-order valence-electron chi connectivity index (χ2n) is 11.3. The van der Waals surface area contributed by atoms with Gasteiger partial charge >= 0.3 is 0 Å². The molecule has 0 fully saturated rings. The van der Waals surface area contributed by atoms with Crippen molar-refractivity contribution in [3.63, 3.8) is 0 Å². The summed E-state index contributed by atoms with van der Waals surface area (Å²) in [5.41, 5.74) is 3.81. The maximum absolute atomic E-state index is 10.3. The van der Waals surface area contributed by atoms with Gasteiger partial charge < -0.3 is 19.3 Å². The van der Waals surface area contributed by atoms with Gasteiger partial charge in [-0.25, -0.2) is 0 Å². The van der Waals surface area contributed by atoms with Crippen molar-refractivity contribution < 1.29 is 19.3 Å². The zero-order chi connectivity index (χ0) is 27.2. The SMILES string of the molecule is CCN(CC)Cc1ccc(OCCCCCCN2CC[C@@]34C=C[C@H](O)C[C@@H]3Oc3c(OC)ccc(c34)C2)cc1. The van der Waals surface area contributed by atoms with Gasteiger partial charge in [-0.05, 0) is 74.8 Å². The summed E-state index contributed by atoms with van der Waals surface area (Å²) in [5, 5.41) is 10.3. The molecule has 1 aliphatic carbocycles. The van der Waals surface area contributed by atoms with E-state index in [0.29, 0.717) is 6.42 Å². The molecule has 2 aromatic carbocycles. The molecule has 0 bridgehead atoms. The second kappa shape index (κ2) is 12.8. The molecule has 1 N–H and O–H groups in total. The van der Waals surface area contributed by atoms with Gasteiger partial charge in [-0.2, -0.15) is 0 Å². The zero-order valence-corrected chi connectivity index (χ0v) is 24.0. The molecule has 3 atom stereocenters. The largest absolute Gasteiger partial charge is 0.494 e. The van der Waals surface area contributed by atoms with E-state index < -0.39 is 6.10 Å². The number of unbranched alkanes of at least 4 members (excludes halogenated alkanes) is 3. The van der Waals surface area contributed by atoms with Crippen LogP contribution in [0.25, 0.3) is 0 Å². The van der Waals surface area contributed by atoms with E-state index in [1.165, 1.54) is 36.0 Å². The van der Waals surface area contributed by atoms with Crippen molar-refractivity contribution in [3.8, 4) is 17.2 Å². The van der Waals surface area contributed by atoms with Gasteiger partial charge in [-0.15, -0.1) is 0 Å². The van der Waals surface area contributed by atoms with E-state index in [9.17, 15) is 5.11 Å². The smallest absolute Gasteiger partial charge is 0.166 e. The third kappa shape index (κ3) is 6.13. The quantitative estimate of drug-likeness (QED) is 0.263. The number of hydrogen-bond acceptors (Lipinski definition) is 6. The van der Waals surface area contributed by atoms with Crippen LogP contribution in [0.5, 0.6) is 17.2 Å². The van der Waals surface area contributed by atoms with Crippen molar-refractivity contribution in [1.82, 2.24) is 9.80 Å². The topological polar surface area (TPSA) is 54.4 Å². The van der Waals surface area contributed by atoms with Crippen molar-refractivity contribution in [3.05, 3.63) is 65.2 Å². The summed E-state index contributed by atoms with van der Waals surface area (Å²) in [6.07, 6.45) is 10.1. The predicted octanol–water partition coefficient (Wildman–Crippen LogP) is 5.70. The first-order valence-electron chi connectivity index (χ1n) is 15.0. The fourth-order valence-corrected chi connectivity index (χ4v) is 6.56. The molecule has 39 heavy (non-hydrogen) atoms. The maximum atomic E-state index is 10.3. The molecule has 3 aliphatic rings. The lowest BCUT2D eigenvalue weighted by molar-refractivity contribution is 0.0809. The molecule has 0 saturated carbocycles. The van der Waals surface area contributed by atoms with Crippen LogP contribution < -0.4 is 14.2 Å². The molecule has 2 heterocycles. The third-order valence-electron chi connectivity index (χ3n) is 8.90. The molecule has 6 heteroatoms. The van der Waals surface area contributed by atoms with Gasteiger partial charge in [0.15, 0.2) is 11.5 Å². The first kappa shape index (κ1) is 28.0. The highest BCUT2D eigenvalue weighted by Gasteiger charge is 2.52. The summed E-state index contributed by atoms with van der Waals surface area (Å²) in [6, 6.07) is 12.9. The molecule has 2 aromatic rings. The molecule has 0 saturated heterocycles. The van der Waals surface area contributed by atoms with Crippen molar-refractivity contribution in [2.45, 2.75) is 83.1 Å². The average molecular weight is 535 g/mol. The molecule has 0 aromatic heterocycles. The Balaban J connectivity index is 1.07. The Bertz CT molecular complexity index is 1110. The van der Waals surface area contributed by atoms with Gasteiger partial charge in [0, 0.05) is 25.1 Å². The van der Waals surface area contributed by atoms with Crippen molar-refractivity contribution in [1.29, 1.82) is 0 Å². The monoisotopic (exact) mass is 534 g/mol. The first-order chi connectivity index (χ1) is 19.1. The Morgan fingerprint density at radius 3 is 2.62 bits per heavy atom. The third-order valence-corrected chi connectivity index (χ3v) is 8.90. The molecular formula is C33H46N2O4. The van der Waals surface area contributed by atoms with Gasteiger partial charge in [0.05, 0.1) is 25.2 Å². The fraction of sp³-hybridized carbons (Fsp3) is 0.576. The highest BCUT2D eigenvalue weighted by atomic mass is 16.5. The number of ether oxygens (including phenoxy) is 3. The summed E-state index contributed by atoms with van der Waals surface area (Å²) in [6.45, 7) is 11.4. The van der Waals surface area contributed by atoms with E-state index >= 15 is 0 Å². The number of benzene rings is 2. The Hall–Kier alpha value is -2.54. The van der Waals surface area contributed by atoms with E-state index in [4.69, 9.17) is 14.2 Å². The van der Waals surface area contributed by atoms with Crippen LogP contribution in [-0.2, 0) is 18.5 Å². The van der Waals surface area contributed by atoms with Crippen LogP contribution in [-0.4, -0.2) is 67.0 Å². The normalized spacial score (nSPS) is 23.7. The predicted molar refractivity (Wildman–Crippen MR) is 156 cm³/mol. The summed E-state index contributed by atoms with van der Waals surface area (Å²) >= 11 is 0. The van der Waals surface area contributed by atoms with Crippen LogP contribution in [0.1, 0.15) is 69.1 Å². The van der Waals surface area contributed by atoms with E-state index in [2.05, 4.69) is 60.1 Å². The molecule has 6 nitrogen and oxygen atoms in total. The summed E-state index contributed by atoms with van der Waals surface area (Å²) < 4.78 is 18.1. The van der Waals surface area contributed by atoms with Crippen LogP contribution in [0.2, 0.25) is 0 Å². The first-order valence-corrected chi connectivity index (χ1v) is 15.0. The molecular weight excluding hydrogens is 488 g/mol. The van der Waals surface area contributed by atoms with E-state index in [0.717, 1.165) is 76.0 Å². The lowest BCUT2D eigenvalue weighted by Gasteiger charge is -2.35. The maximum Gasteiger partial charge on any atom is 0.166 e. The average Bonchev–Trinajstić information content (AvgIpc) is 3.20. The number of hydrogen-bond donors (Lipinski definition) is 1. The molecule has 2 aliphatic heterocycles. The summed E-state index contributed by atoms with van der Waals surface area (Å²) in [4.78, 5) is 5.02. The van der Waals surface area contributed by atoms with Gasteiger partial charge in [-0.3, -0.25) is 9.80 Å². The second-order valence-corrected chi connectivity index (χ2v) is 11.3. The molecule has 0 unspecified atom stereocenters. The van der Waals surface area contributed by atoms with Crippen LogP contribution in [0.15, 0.2) is 48.6 Å². The summed E-state index contributed by atoms with van der Waals surface area (Å²) in [5.74, 6) is 2.66. The number of rotatable bonds is 13. The van der Waals surface area contributed by atoms with Gasteiger partial charge in [-0.1, -0.05) is 57.0 Å². The zero-order valence-electron chi connectivity index (χ0n) is 24.0. The number of nitrogens with zero attached hydrogens (tertiary/aromatic N) is 2. The van der Waals surface area contributed by atoms with Crippen LogP contribution >= 0.6 is 0 Å². The summed E-state index contributed by atoms with van der Waals surface area (Å²) in [7, 11) is 1.71. The van der Waals surface area contributed by atoms with Crippen LogP contribution in [0, 0.1) is 0 Å². The number of aliphatic hydroxyl groups excluding tert-OH is 1. The molecule has 0 amide bonds. The standard InChI is InChI=1S/C33H46N2O4/c1-4-34(5-2)23-25-10-13-28(14-11-25)38-21-9-7-6-8-19-35-20-18-33-17-16-27(36)22-30(33)39-32-29(37-3)15-12-26(24-35)31(32)33/h10-17,27,30,36H,4-9,18-24H2,1-3H3/t27-,30-,33-/m0/s1. The van der Waals surface area contributed by atoms with E-state index in [1.54, 1.807) is 7.11 Å². The van der Waals surface area contributed by atoms with Crippen molar-refractivity contribution >= 4 is 0 Å². The van der Waals surface area contributed by atoms with Crippen molar-refractivity contribution in [2.75, 3.05) is 39.9 Å². The Labute approximate surface area is 234 Å². The lowest BCUT2D eigenvalue weighted by atomic mass is 9.69. The molecule has 212 valence electrons. The van der Waals surface area contributed by atoms with Crippen LogP contribution in [0.4, 0.5) is 0 Å². The van der Waals surface area contributed by atoms with Gasteiger partial charge in [0.25, 0.3) is 0 Å². The Morgan fingerprint density at radius 2 is 1.85 bits per heavy atom. The van der Waals surface area contributed by atoms with Gasteiger partial charge in [0.2, 0.25) is 0 Å². The Kier molecular flexibility index (Phi) is 9.16. The number of aliphatic hydroxyl groups is 1. The Morgan fingerprint density at radius 1 is 1.05 bits per heavy atom. The van der Waals surface area contributed by atoms with E-state index in [-0.39, 0.29) is 11.5 Å². The molecule has 1 spiro atoms. The molecule has 5 rings (SSSR count). The highest BCUT2D eigenvalue weighted by Crippen LogP contribution is 2.55. The van der Waals surface area contributed by atoms with Crippen LogP contribution in [0.3, 0.4) is 0 Å². The lowest BCUT2D eigenvalue weighted by Crippen LogP contribution is -2.43. The minimum atomic E-state index is -0.440. The highest BCUT2D eigenvalue weighted by molar-refractivity contribution is 5.61. The number of methoxy groups -OCH3 is 1. The fourth-order valence-electron chi connectivity index (χ4n) is 6.56. The minimum absolute atomic E-state index is 0.0268.